The lowest BCUT2D eigenvalue weighted by Crippen LogP contribution is -2.32. The third-order valence-electron chi connectivity index (χ3n) is 2.52. The number of hydrogen-bond donors (Lipinski definition) is 1. The molecule has 0 saturated carbocycles. The minimum atomic E-state index is -0.408. The van der Waals surface area contributed by atoms with Gasteiger partial charge in [0, 0.05) is 0 Å². The molecule has 0 heterocycles. The first-order valence-corrected chi connectivity index (χ1v) is 6.35. The number of nitrogens with one attached hydrogen (secondary N) is 1. The fourth-order valence-electron chi connectivity index (χ4n) is 1.68. The number of carbonyl (C=O) groups is 1. The summed E-state index contributed by atoms with van der Waals surface area (Å²) in [5.41, 5.74) is 2.19. The minimum absolute atomic E-state index is 0.202. The van der Waals surface area contributed by atoms with Crippen molar-refractivity contribution in [2.45, 2.75) is 39.7 Å². The van der Waals surface area contributed by atoms with E-state index < -0.39 is 5.60 Å². The second-order valence-corrected chi connectivity index (χ2v) is 5.44. The summed E-state index contributed by atoms with van der Waals surface area (Å²) in [4.78, 5) is 11.5. The molecule has 0 atom stereocenters. The van der Waals surface area contributed by atoms with Crippen LogP contribution in [0.5, 0.6) is 0 Å². The van der Waals surface area contributed by atoms with Crippen LogP contribution in [0.2, 0.25) is 0 Å². The SMILES string of the molecule is Cc1ccccc1CCNCC(=O)OC(C)(C)C. The molecule has 0 radical (unpaired) electrons. The largest absolute Gasteiger partial charge is 0.459 e. The molecule has 0 amide bonds. The van der Waals surface area contributed by atoms with Gasteiger partial charge >= 0.3 is 5.97 Å². The van der Waals surface area contributed by atoms with Gasteiger partial charge in [-0.1, -0.05) is 24.3 Å². The predicted octanol–water partition coefficient (Wildman–Crippen LogP) is 2.47. The van der Waals surface area contributed by atoms with Crippen molar-refractivity contribution in [1.29, 1.82) is 0 Å². The number of esters is 1. The smallest absolute Gasteiger partial charge is 0.320 e. The van der Waals surface area contributed by atoms with E-state index in [9.17, 15) is 4.79 Å². The standard InChI is InChI=1S/C15H23NO2/c1-12-7-5-6-8-13(12)9-10-16-11-14(17)18-15(2,3)4/h5-8,16H,9-11H2,1-4H3. The predicted molar refractivity (Wildman–Crippen MR) is 73.6 cm³/mol. The molecule has 100 valence electrons. The summed E-state index contributed by atoms with van der Waals surface area (Å²) in [7, 11) is 0. The molecule has 0 bridgehead atoms. The van der Waals surface area contributed by atoms with Crippen LogP contribution in [0.25, 0.3) is 0 Å². The zero-order valence-corrected chi connectivity index (χ0v) is 11.7. The maximum absolute atomic E-state index is 11.5. The van der Waals surface area contributed by atoms with Crippen LogP contribution in [0, 0.1) is 6.92 Å². The molecule has 0 aliphatic heterocycles. The second-order valence-electron chi connectivity index (χ2n) is 5.44. The van der Waals surface area contributed by atoms with Gasteiger partial charge in [0.15, 0.2) is 0 Å². The van der Waals surface area contributed by atoms with Gasteiger partial charge in [-0.3, -0.25) is 4.79 Å². The molecular weight excluding hydrogens is 226 g/mol. The van der Waals surface area contributed by atoms with Crippen molar-refractivity contribution in [2.75, 3.05) is 13.1 Å². The van der Waals surface area contributed by atoms with Gasteiger partial charge in [0.05, 0.1) is 6.54 Å². The Labute approximate surface area is 110 Å². The highest BCUT2D eigenvalue weighted by molar-refractivity contribution is 5.72. The minimum Gasteiger partial charge on any atom is -0.459 e. The van der Waals surface area contributed by atoms with Gasteiger partial charge in [-0.2, -0.15) is 0 Å². The van der Waals surface area contributed by atoms with E-state index in [2.05, 4.69) is 24.4 Å². The van der Waals surface area contributed by atoms with Gasteiger partial charge < -0.3 is 10.1 Å². The zero-order valence-electron chi connectivity index (χ0n) is 11.7. The summed E-state index contributed by atoms with van der Waals surface area (Å²) in [6, 6.07) is 8.29. The van der Waals surface area contributed by atoms with Crippen molar-refractivity contribution in [3.05, 3.63) is 35.4 Å². The van der Waals surface area contributed by atoms with Crippen LogP contribution in [-0.4, -0.2) is 24.7 Å². The van der Waals surface area contributed by atoms with E-state index in [4.69, 9.17) is 4.74 Å². The molecule has 0 unspecified atom stereocenters. The summed E-state index contributed by atoms with van der Waals surface area (Å²) >= 11 is 0. The number of rotatable bonds is 5. The highest BCUT2D eigenvalue weighted by Gasteiger charge is 2.15. The Morgan fingerprint density at radius 1 is 1.28 bits per heavy atom. The van der Waals surface area contributed by atoms with Crippen LogP contribution < -0.4 is 5.32 Å². The highest BCUT2D eigenvalue weighted by atomic mass is 16.6. The summed E-state index contributed by atoms with van der Waals surface area (Å²) < 4.78 is 5.21. The Morgan fingerprint density at radius 3 is 2.56 bits per heavy atom. The monoisotopic (exact) mass is 249 g/mol. The van der Waals surface area contributed by atoms with Crippen molar-refractivity contribution in [3.8, 4) is 0 Å². The van der Waals surface area contributed by atoms with E-state index in [-0.39, 0.29) is 12.5 Å². The number of ether oxygens (including phenoxy) is 1. The van der Waals surface area contributed by atoms with Gasteiger partial charge in [-0.25, -0.2) is 0 Å². The summed E-state index contributed by atoms with van der Waals surface area (Å²) in [5, 5.41) is 3.11. The zero-order chi connectivity index (χ0) is 13.6. The Hall–Kier alpha value is -1.35. The van der Waals surface area contributed by atoms with Gasteiger partial charge in [0.2, 0.25) is 0 Å². The Kier molecular flexibility index (Phi) is 5.35. The molecule has 3 nitrogen and oxygen atoms in total. The first-order valence-electron chi connectivity index (χ1n) is 6.35. The normalized spacial score (nSPS) is 11.3. The van der Waals surface area contributed by atoms with E-state index in [0.29, 0.717) is 0 Å². The Bertz CT molecular complexity index is 394. The Morgan fingerprint density at radius 2 is 1.94 bits per heavy atom. The van der Waals surface area contributed by atoms with Crippen LogP contribution in [0.1, 0.15) is 31.9 Å². The quantitative estimate of drug-likeness (QED) is 0.643. The molecule has 1 N–H and O–H groups in total. The Balaban J connectivity index is 2.23. The summed E-state index contributed by atoms with van der Waals surface area (Å²) in [6.45, 7) is 8.77. The lowest BCUT2D eigenvalue weighted by atomic mass is 10.1. The fourth-order valence-corrected chi connectivity index (χ4v) is 1.68. The first-order chi connectivity index (χ1) is 8.38. The van der Waals surface area contributed by atoms with Crippen molar-refractivity contribution >= 4 is 5.97 Å². The van der Waals surface area contributed by atoms with Crippen LogP contribution in [0.3, 0.4) is 0 Å². The van der Waals surface area contributed by atoms with Gasteiger partial charge in [0.1, 0.15) is 5.60 Å². The summed E-state index contributed by atoms with van der Waals surface area (Å²) in [6.07, 6.45) is 0.926. The molecule has 3 heteroatoms. The van der Waals surface area contributed by atoms with E-state index in [1.807, 2.05) is 32.9 Å². The molecule has 1 aromatic carbocycles. The molecule has 0 spiro atoms. The number of carbonyl (C=O) groups excluding carboxylic acids is 1. The summed E-state index contributed by atoms with van der Waals surface area (Å²) in [5.74, 6) is -0.202. The third kappa shape index (κ3) is 5.82. The van der Waals surface area contributed by atoms with Crippen LogP contribution in [-0.2, 0) is 16.0 Å². The molecule has 0 aliphatic rings. The van der Waals surface area contributed by atoms with Gasteiger partial charge in [0.25, 0.3) is 0 Å². The average Bonchev–Trinajstić information content (AvgIpc) is 2.24. The average molecular weight is 249 g/mol. The fraction of sp³-hybridized carbons (Fsp3) is 0.533. The van der Waals surface area contributed by atoms with Gasteiger partial charge in [-0.15, -0.1) is 0 Å². The maximum Gasteiger partial charge on any atom is 0.320 e. The van der Waals surface area contributed by atoms with Crippen molar-refractivity contribution in [2.24, 2.45) is 0 Å². The van der Waals surface area contributed by atoms with Crippen LogP contribution in [0.15, 0.2) is 24.3 Å². The molecule has 1 aromatic rings. The number of benzene rings is 1. The number of aryl methyl sites for hydroxylation is 1. The van der Waals surface area contributed by atoms with E-state index in [1.165, 1.54) is 11.1 Å². The van der Waals surface area contributed by atoms with Crippen molar-refractivity contribution < 1.29 is 9.53 Å². The van der Waals surface area contributed by atoms with E-state index >= 15 is 0 Å². The topological polar surface area (TPSA) is 38.3 Å². The first kappa shape index (κ1) is 14.7. The molecule has 0 fully saturated rings. The molecule has 0 aromatic heterocycles. The van der Waals surface area contributed by atoms with Gasteiger partial charge in [-0.05, 0) is 51.8 Å². The molecule has 18 heavy (non-hydrogen) atoms. The lowest BCUT2D eigenvalue weighted by Gasteiger charge is -2.19. The van der Waals surface area contributed by atoms with E-state index in [1.54, 1.807) is 0 Å². The lowest BCUT2D eigenvalue weighted by molar-refractivity contribution is -0.153. The van der Waals surface area contributed by atoms with E-state index in [0.717, 1.165) is 13.0 Å². The molecular formula is C15H23NO2. The highest BCUT2D eigenvalue weighted by Crippen LogP contribution is 2.07. The maximum atomic E-state index is 11.5. The second kappa shape index (κ2) is 6.55. The van der Waals surface area contributed by atoms with Crippen LogP contribution in [0.4, 0.5) is 0 Å². The van der Waals surface area contributed by atoms with Crippen LogP contribution >= 0.6 is 0 Å². The molecule has 0 saturated heterocycles. The third-order valence-corrected chi connectivity index (χ3v) is 2.52. The number of hydrogen-bond acceptors (Lipinski definition) is 3. The van der Waals surface area contributed by atoms with Crippen molar-refractivity contribution in [1.82, 2.24) is 5.32 Å². The molecule has 1 rings (SSSR count). The van der Waals surface area contributed by atoms with Crippen molar-refractivity contribution in [3.63, 3.8) is 0 Å². The molecule has 0 aliphatic carbocycles.